The summed E-state index contributed by atoms with van der Waals surface area (Å²) in [4.78, 5) is 11.0. The van der Waals surface area contributed by atoms with Gasteiger partial charge >= 0.3 is 5.97 Å². The van der Waals surface area contributed by atoms with Gasteiger partial charge in [0.25, 0.3) is 0 Å². The van der Waals surface area contributed by atoms with Crippen LogP contribution in [0, 0.1) is 0 Å². The van der Waals surface area contributed by atoms with Crippen LogP contribution in [0.5, 0.6) is 5.75 Å². The summed E-state index contributed by atoms with van der Waals surface area (Å²) in [6.07, 6.45) is 7.38. The van der Waals surface area contributed by atoms with Gasteiger partial charge in [-0.25, -0.2) is 4.79 Å². The number of methoxy groups -OCH3 is 1. The lowest BCUT2D eigenvalue weighted by Gasteiger charge is -1.99. The molecule has 0 saturated carbocycles. The van der Waals surface area contributed by atoms with Gasteiger partial charge in [0.05, 0.1) is 7.11 Å². The second-order valence-corrected chi connectivity index (χ2v) is 5.03. The van der Waals surface area contributed by atoms with Crippen LogP contribution in [-0.2, 0) is 4.79 Å². The average Bonchev–Trinajstić information content (AvgIpc) is 2.92. The van der Waals surface area contributed by atoms with E-state index in [-0.39, 0.29) is 0 Å². The second-order valence-electron chi connectivity index (χ2n) is 5.03. The molecule has 0 radical (unpaired) electrons. The molecule has 0 fully saturated rings. The molecule has 0 atom stereocenters. The SMILES string of the molecule is COc1ccc(-c2cc(C3=CC=C(C(=O)O)CC=C3)no2)cc1. The first kappa shape index (κ1) is 14.8. The van der Waals surface area contributed by atoms with Crippen LogP contribution < -0.4 is 4.74 Å². The molecule has 2 aromatic rings. The third-order valence-corrected chi connectivity index (χ3v) is 3.55. The zero-order chi connectivity index (χ0) is 16.2. The average molecular weight is 309 g/mol. The summed E-state index contributed by atoms with van der Waals surface area (Å²) in [6.45, 7) is 0. The molecule has 1 heterocycles. The standard InChI is InChI=1S/C18H15NO4/c1-22-15-9-7-13(8-10-15)17-11-16(19-23-17)12-3-2-4-14(6-5-12)18(20)21/h2-3,5-11H,4H2,1H3,(H,20,21). The Morgan fingerprint density at radius 2 is 2.04 bits per heavy atom. The molecule has 23 heavy (non-hydrogen) atoms. The van der Waals surface area contributed by atoms with Gasteiger partial charge in [-0.15, -0.1) is 0 Å². The molecule has 1 aromatic heterocycles. The van der Waals surface area contributed by atoms with Gasteiger partial charge in [-0.05, 0) is 30.7 Å². The van der Waals surface area contributed by atoms with Crippen LogP contribution in [0.15, 0.2) is 64.7 Å². The van der Waals surface area contributed by atoms with Crippen LogP contribution in [0.3, 0.4) is 0 Å². The number of hydrogen-bond acceptors (Lipinski definition) is 4. The summed E-state index contributed by atoms with van der Waals surface area (Å²) in [7, 11) is 1.62. The third kappa shape index (κ3) is 3.23. The first-order chi connectivity index (χ1) is 11.2. The van der Waals surface area contributed by atoms with Crippen LogP contribution in [0.1, 0.15) is 12.1 Å². The lowest BCUT2D eigenvalue weighted by Crippen LogP contribution is -1.98. The van der Waals surface area contributed by atoms with Crippen molar-refractivity contribution in [3.05, 3.63) is 65.9 Å². The fourth-order valence-electron chi connectivity index (χ4n) is 2.26. The summed E-state index contributed by atoms with van der Waals surface area (Å²) < 4.78 is 10.5. The fourth-order valence-corrected chi connectivity index (χ4v) is 2.26. The Hall–Kier alpha value is -3.08. The van der Waals surface area contributed by atoms with E-state index in [2.05, 4.69) is 5.16 Å². The van der Waals surface area contributed by atoms with Gasteiger partial charge in [-0.3, -0.25) is 0 Å². The maximum atomic E-state index is 11.0. The van der Waals surface area contributed by atoms with Crippen molar-refractivity contribution in [3.63, 3.8) is 0 Å². The van der Waals surface area contributed by atoms with Crippen LogP contribution in [0.2, 0.25) is 0 Å². The minimum atomic E-state index is -0.911. The smallest absolute Gasteiger partial charge is 0.331 e. The molecule has 0 spiro atoms. The second kappa shape index (κ2) is 6.36. The Kier molecular flexibility index (Phi) is 4.10. The summed E-state index contributed by atoms with van der Waals surface area (Å²) in [6, 6.07) is 9.32. The Labute approximate surface area is 133 Å². The van der Waals surface area contributed by atoms with Crippen molar-refractivity contribution in [3.8, 4) is 17.1 Å². The summed E-state index contributed by atoms with van der Waals surface area (Å²) >= 11 is 0. The molecule has 116 valence electrons. The number of nitrogens with zero attached hydrogens (tertiary/aromatic N) is 1. The molecule has 1 N–H and O–H groups in total. The fraction of sp³-hybridized carbons (Fsp3) is 0.111. The molecule has 0 bridgehead atoms. The molecule has 0 unspecified atom stereocenters. The lowest BCUT2D eigenvalue weighted by atomic mass is 10.1. The molecule has 0 saturated heterocycles. The van der Waals surface area contributed by atoms with Gasteiger partial charge in [0.15, 0.2) is 5.76 Å². The van der Waals surface area contributed by atoms with Gasteiger partial charge in [-0.1, -0.05) is 29.5 Å². The Balaban J connectivity index is 1.88. The highest BCUT2D eigenvalue weighted by atomic mass is 16.5. The van der Waals surface area contributed by atoms with E-state index < -0.39 is 5.97 Å². The first-order valence-electron chi connectivity index (χ1n) is 7.09. The van der Waals surface area contributed by atoms with E-state index in [0.29, 0.717) is 23.4 Å². The normalized spacial score (nSPS) is 14.0. The quantitative estimate of drug-likeness (QED) is 0.932. The predicted octanol–water partition coefficient (Wildman–Crippen LogP) is 3.70. The number of rotatable bonds is 4. The van der Waals surface area contributed by atoms with Crippen molar-refractivity contribution in [1.82, 2.24) is 5.16 Å². The van der Waals surface area contributed by atoms with Gasteiger partial charge in [0.1, 0.15) is 11.4 Å². The van der Waals surface area contributed by atoms with E-state index in [1.54, 1.807) is 25.3 Å². The minimum Gasteiger partial charge on any atom is -0.497 e. The highest BCUT2D eigenvalue weighted by Gasteiger charge is 2.12. The molecule has 5 nitrogen and oxygen atoms in total. The highest BCUT2D eigenvalue weighted by molar-refractivity contribution is 5.89. The van der Waals surface area contributed by atoms with Crippen molar-refractivity contribution in [2.24, 2.45) is 0 Å². The zero-order valence-electron chi connectivity index (χ0n) is 12.5. The van der Waals surface area contributed by atoms with Crippen molar-refractivity contribution >= 4 is 11.5 Å². The molecular weight excluding hydrogens is 294 g/mol. The minimum absolute atomic E-state index is 0.343. The van der Waals surface area contributed by atoms with E-state index >= 15 is 0 Å². The first-order valence-corrected chi connectivity index (χ1v) is 7.09. The third-order valence-electron chi connectivity index (χ3n) is 3.55. The van der Waals surface area contributed by atoms with Crippen molar-refractivity contribution in [1.29, 1.82) is 0 Å². The number of benzene rings is 1. The summed E-state index contributed by atoms with van der Waals surface area (Å²) in [5.41, 5.74) is 2.71. The number of ether oxygens (including phenoxy) is 1. The van der Waals surface area contributed by atoms with Crippen LogP contribution >= 0.6 is 0 Å². The van der Waals surface area contributed by atoms with Crippen LogP contribution in [0.25, 0.3) is 16.9 Å². The maximum Gasteiger partial charge on any atom is 0.331 e. The lowest BCUT2D eigenvalue weighted by molar-refractivity contribution is -0.132. The van der Waals surface area contributed by atoms with Gasteiger partial charge in [0, 0.05) is 22.8 Å². The number of aromatic nitrogens is 1. The molecule has 3 rings (SSSR count). The van der Waals surface area contributed by atoms with Gasteiger partial charge < -0.3 is 14.4 Å². The molecule has 0 amide bonds. The number of carboxylic acids is 1. The Bertz CT molecular complexity index is 810. The summed E-state index contributed by atoms with van der Waals surface area (Å²) in [5, 5.41) is 13.1. The van der Waals surface area contributed by atoms with E-state index in [0.717, 1.165) is 16.9 Å². The van der Waals surface area contributed by atoms with Crippen LogP contribution in [-0.4, -0.2) is 23.3 Å². The molecule has 1 aliphatic rings. The molecular formula is C18H15NO4. The molecule has 1 aromatic carbocycles. The zero-order valence-corrected chi connectivity index (χ0v) is 12.5. The topological polar surface area (TPSA) is 72.6 Å². The Morgan fingerprint density at radius 3 is 2.74 bits per heavy atom. The number of aliphatic carboxylic acids is 1. The van der Waals surface area contributed by atoms with Crippen LogP contribution in [0.4, 0.5) is 0 Å². The largest absolute Gasteiger partial charge is 0.497 e. The number of allylic oxidation sites excluding steroid dienone is 5. The maximum absolute atomic E-state index is 11.0. The number of carbonyl (C=O) groups is 1. The highest BCUT2D eigenvalue weighted by Crippen LogP contribution is 2.27. The van der Waals surface area contributed by atoms with E-state index in [1.807, 2.05) is 36.4 Å². The number of hydrogen-bond donors (Lipinski definition) is 1. The van der Waals surface area contributed by atoms with E-state index in [4.69, 9.17) is 14.4 Å². The Morgan fingerprint density at radius 1 is 1.26 bits per heavy atom. The van der Waals surface area contributed by atoms with Crippen molar-refractivity contribution in [2.45, 2.75) is 6.42 Å². The monoisotopic (exact) mass is 309 g/mol. The molecule has 5 heteroatoms. The van der Waals surface area contributed by atoms with Crippen molar-refractivity contribution in [2.75, 3.05) is 7.11 Å². The van der Waals surface area contributed by atoms with E-state index in [1.165, 1.54) is 0 Å². The number of carboxylic acid groups (broad SMARTS) is 1. The van der Waals surface area contributed by atoms with E-state index in [9.17, 15) is 4.79 Å². The van der Waals surface area contributed by atoms with Gasteiger partial charge in [-0.2, -0.15) is 0 Å². The molecule has 0 aliphatic heterocycles. The summed E-state index contributed by atoms with van der Waals surface area (Å²) in [5.74, 6) is 0.504. The molecule has 1 aliphatic carbocycles. The van der Waals surface area contributed by atoms with Crippen molar-refractivity contribution < 1.29 is 19.2 Å². The predicted molar refractivity (Wildman–Crippen MR) is 85.9 cm³/mol. The van der Waals surface area contributed by atoms with Gasteiger partial charge in [0.2, 0.25) is 0 Å².